The minimum Gasteiger partial charge on any atom is -0.378 e. The second-order valence-electron chi connectivity index (χ2n) is 7.54. The number of pyridine rings is 3. The van der Waals surface area contributed by atoms with Gasteiger partial charge in [-0.15, -0.1) is 0 Å². The normalized spacial score (nSPS) is 13.6. The highest BCUT2D eigenvalue weighted by Gasteiger charge is 2.18. The Labute approximate surface area is 191 Å². The van der Waals surface area contributed by atoms with Crippen molar-refractivity contribution in [2.24, 2.45) is 0 Å². The molecule has 7 heteroatoms. The van der Waals surface area contributed by atoms with E-state index in [-0.39, 0.29) is 5.82 Å². The van der Waals surface area contributed by atoms with Gasteiger partial charge in [-0.3, -0.25) is 9.97 Å². The van der Waals surface area contributed by atoms with E-state index >= 15 is 0 Å². The van der Waals surface area contributed by atoms with Gasteiger partial charge in [0.05, 0.1) is 24.4 Å². The molecule has 1 fully saturated rings. The standard InChI is InChI=1S/C19H17ClFN3O.C6H7N/c1-12-2-4-15-17(22-12)11-18(24-6-8-25-9-7-24)23-19(15)14-5-3-13(20)10-16(14)21;1-6-4-2-3-5-7-6/h2-5,10-11H,6-9H2,1H3;2-5H,1H3. The third kappa shape index (κ3) is 5.21. The molecule has 0 unspecified atom stereocenters. The van der Waals surface area contributed by atoms with Crippen LogP contribution < -0.4 is 4.90 Å². The molecule has 4 heterocycles. The molecule has 1 aliphatic heterocycles. The van der Waals surface area contributed by atoms with Crippen molar-refractivity contribution in [3.63, 3.8) is 0 Å². The summed E-state index contributed by atoms with van der Waals surface area (Å²) in [6, 6.07) is 16.3. The molecule has 0 bridgehead atoms. The van der Waals surface area contributed by atoms with Crippen LogP contribution in [0.4, 0.5) is 10.2 Å². The SMILES string of the molecule is Cc1ccc2c(-c3ccc(Cl)cc3F)nc(N3CCOCC3)cc2n1.Cc1ccccn1. The molecule has 164 valence electrons. The number of fused-ring (bicyclic) bond motifs is 1. The number of morpholine rings is 1. The Morgan fingerprint density at radius 3 is 2.41 bits per heavy atom. The van der Waals surface area contributed by atoms with E-state index in [0.717, 1.165) is 41.2 Å². The average Bonchev–Trinajstić information content (AvgIpc) is 2.80. The van der Waals surface area contributed by atoms with Gasteiger partial charge in [-0.2, -0.15) is 0 Å². The molecule has 0 N–H and O–H groups in total. The number of aromatic nitrogens is 3. The number of nitrogens with zero attached hydrogens (tertiary/aromatic N) is 4. The molecule has 32 heavy (non-hydrogen) atoms. The fourth-order valence-corrected chi connectivity index (χ4v) is 3.66. The van der Waals surface area contributed by atoms with Gasteiger partial charge in [0, 0.05) is 52.7 Å². The molecule has 0 radical (unpaired) electrons. The topological polar surface area (TPSA) is 51.1 Å². The number of ether oxygens (including phenoxy) is 1. The number of rotatable bonds is 2. The number of aryl methyl sites for hydroxylation is 2. The van der Waals surface area contributed by atoms with Crippen LogP contribution in [0.25, 0.3) is 22.2 Å². The van der Waals surface area contributed by atoms with Gasteiger partial charge in [0.1, 0.15) is 11.6 Å². The molecule has 0 aliphatic carbocycles. The first-order chi connectivity index (χ1) is 15.5. The lowest BCUT2D eigenvalue weighted by Crippen LogP contribution is -2.36. The van der Waals surface area contributed by atoms with Crippen molar-refractivity contribution < 1.29 is 9.13 Å². The Bertz CT molecular complexity index is 1210. The second-order valence-corrected chi connectivity index (χ2v) is 7.98. The third-order valence-electron chi connectivity index (χ3n) is 5.15. The fourth-order valence-electron chi connectivity index (χ4n) is 3.51. The smallest absolute Gasteiger partial charge is 0.134 e. The predicted octanol–water partition coefficient (Wildman–Crippen LogP) is 5.62. The molecule has 4 aromatic rings. The zero-order valence-electron chi connectivity index (χ0n) is 18.1. The first-order valence-electron chi connectivity index (χ1n) is 10.5. The number of halogens is 2. The van der Waals surface area contributed by atoms with Crippen LogP contribution in [-0.2, 0) is 4.74 Å². The van der Waals surface area contributed by atoms with Crippen LogP contribution in [0, 0.1) is 19.7 Å². The van der Waals surface area contributed by atoms with Crippen LogP contribution in [0.2, 0.25) is 5.02 Å². The maximum Gasteiger partial charge on any atom is 0.134 e. The summed E-state index contributed by atoms with van der Waals surface area (Å²) in [5.41, 5.74) is 3.80. The van der Waals surface area contributed by atoms with Crippen molar-refractivity contribution in [3.8, 4) is 11.3 Å². The van der Waals surface area contributed by atoms with Gasteiger partial charge in [-0.05, 0) is 56.3 Å². The van der Waals surface area contributed by atoms with E-state index in [4.69, 9.17) is 21.3 Å². The molecule has 5 rings (SSSR count). The molecule has 3 aromatic heterocycles. The molecular weight excluding hydrogens is 427 g/mol. The zero-order valence-corrected chi connectivity index (χ0v) is 18.8. The first kappa shape index (κ1) is 22.1. The summed E-state index contributed by atoms with van der Waals surface area (Å²) in [6.07, 6.45) is 1.79. The number of hydrogen-bond acceptors (Lipinski definition) is 5. The van der Waals surface area contributed by atoms with Crippen molar-refractivity contribution in [1.29, 1.82) is 0 Å². The minimum atomic E-state index is -0.388. The monoisotopic (exact) mass is 450 g/mol. The lowest BCUT2D eigenvalue weighted by molar-refractivity contribution is 0.122. The van der Waals surface area contributed by atoms with Crippen LogP contribution in [0.15, 0.2) is 60.8 Å². The van der Waals surface area contributed by atoms with E-state index in [2.05, 4.69) is 14.9 Å². The lowest BCUT2D eigenvalue weighted by atomic mass is 10.1. The first-order valence-corrected chi connectivity index (χ1v) is 10.8. The number of hydrogen-bond donors (Lipinski definition) is 0. The van der Waals surface area contributed by atoms with Crippen molar-refractivity contribution in [2.45, 2.75) is 13.8 Å². The van der Waals surface area contributed by atoms with E-state index in [0.29, 0.717) is 29.5 Å². The van der Waals surface area contributed by atoms with E-state index in [9.17, 15) is 4.39 Å². The zero-order chi connectivity index (χ0) is 22.5. The second kappa shape index (κ2) is 10.0. The average molecular weight is 451 g/mol. The Morgan fingerprint density at radius 1 is 0.938 bits per heavy atom. The van der Waals surface area contributed by atoms with Crippen molar-refractivity contribution in [2.75, 3.05) is 31.2 Å². The van der Waals surface area contributed by atoms with E-state index in [1.807, 2.05) is 50.2 Å². The van der Waals surface area contributed by atoms with Crippen molar-refractivity contribution in [3.05, 3.63) is 83.0 Å². The summed E-state index contributed by atoms with van der Waals surface area (Å²) < 4.78 is 20.0. The highest BCUT2D eigenvalue weighted by atomic mass is 35.5. The number of anilines is 1. The van der Waals surface area contributed by atoms with Gasteiger partial charge in [0.25, 0.3) is 0 Å². The maximum absolute atomic E-state index is 14.5. The Balaban J connectivity index is 0.000000300. The van der Waals surface area contributed by atoms with Crippen LogP contribution in [-0.4, -0.2) is 41.3 Å². The molecule has 5 nitrogen and oxygen atoms in total. The summed E-state index contributed by atoms with van der Waals surface area (Å²) >= 11 is 5.90. The van der Waals surface area contributed by atoms with Gasteiger partial charge in [0.2, 0.25) is 0 Å². The van der Waals surface area contributed by atoms with Gasteiger partial charge < -0.3 is 9.64 Å². The Hall–Kier alpha value is -3.09. The van der Waals surface area contributed by atoms with E-state index in [1.165, 1.54) is 6.07 Å². The summed E-state index contributed by atoms with van der Waals surface area (Å²) in [4.78, 5) is 15.5. The largest absolute Gasteiger partial charge is 0.378 e. The van der Waals surface area contributed by atoms with E-state index < -0.39 is 0 Å². The van der Waals surface area contributed by atoms with Gasteiger partial charge in [-0.1, -0.05) is 17.7 Å². The molecule has 0 saturated carbocycles. The van der Waals surface area contributed by atoms with Gasteiger partial charge in [-0.25, -0.2) is 9.37 Å². The quantitative estimate of drug-likeness (QED) is 0.396. The van der Waals surface area contributed by atoms with Crippen molar-refractivity contribution in [1.82, 2.24) is 15.0 Å². The molecule has 1 aliphatic rings. The van der Waals surface area contributed by atoms with Crippen LogP contribution >= 0.6 is 11.6 Å². The molecule has 1 aromatic carbocycles. The third-order valence-corrected chi connectivity index (χ3v) is 5.38. The summed E-state index contributed by atoms with van der Waals surface area (Å²) in [7, 11) is 0. The van der Waals surface area contributed by atoms with Crippen molar-refractivity contribution >= 4 is 28.3 Å². The Kier molecular flexibility index (Phi) is 6.93. The van der Waals surface area contributed by atoms with Gasteiger partial charge >= 0.3 is 0 Å². The van der Waals surface area contributed by atoms with Gasteiger partial charge in [0.15, 0.2) is 0 Å². The van der Waals surface area contributed by atoms with Crippen LogP contribution in [0.5, 0.6) is 0 Å². The summed E-state index contributed by atoms with van der Waals surface area (Å²) in [5, 5.41) is 1.19. The minimum absolute atomic E-state index is 0.365. The van der Waals surface area contributed by atoms with E-state index in [1.54, 1.807) is 18.3 Å². The summed E-state index contributed by atoms with van der Waals surface area (Å²) in [6.45, 7) is 6.74. The molecular formula is C25H24ClFN4O. The highest BCUT2D eigenvalue weighted by Crippen LogP contribution is 2.32. The number of benzene rings is 1. The fraction of sp³-hybridized carbons (Fsp3) is 0.240. The molecule has 0 amide bonds. The maximum atomic E-state index is 14.5. The molecule has 1 saturated heterocycles. The summed E-state index contributed by atoms with van der Waals surface area (Å²) in [5.74, 6) is 0.402. The molecule has 0 spiro atoms. The predicted molar refractivity (Wildman–Crippen MR) is 127 cm³/mol. The Morgan fingerprint density at radius 2 is 1.75 bits per heavy atom. The molecule has 0 atom stereocenters. The lowest BCUT2D eigenvalue weighted by Gasteiger charge is -2.28. The van der Waals surface area contributed by atoms with Crippen LogP contribution in [0.1, 0.15) is 11.4 Å². The highest BCUT2D eigenvalue weighted by molar-refractivity contribution is 6.30. The van der Waals surface area contributed by atoms with Crippen LogP contribution in [0.3, 0.4) is 0 Å².